The number of hydrogen-bond donors (Lipinski definition) is 1. The van der Waals surface area contributed by atoms with Gasteiger partial charge in [-0.05, 0) is 74.3 Å². The number of nitrogens with zero attached hydrogens (tertiary/aromatic N) is 2. The zero-order valence-electron chi connectivity index (χ0n) is 18.5. The molecule has 3 rings (SSSR count). The number of rotatable bonds is 10. The van der Waals surface area contributed by atoms with Crippen LogP contribution < -0.4 is 5.32 Å². The highest BCUT2D eigenvalue weighted by molar-refractivity contribution is 7.91. The third kappa shape index (κ3) is 6.02. The van der Waals surface area contributed by atoms with Gasteiger partial charge >= 0.3 is 0 Å². The molecule has 1 aliphatic carbocycles. The molecule has 6 nitrogen and oxygen atoms in total. The van der Waals surface area contributed by atoms with Crippen LogP contribution in [0.4, 0.5) is 0 Å². The van der Waals surface area contributed by atoms with Gasteiger partial charge in [-0.3, -0.25) is 9.78 Å². The number of benzene rings is 1. The summed E-state index contributed by atoms with van der Waals surface area (Å²) >= 11 is 0. The first-order valence-corrected chi connectivity index (χ1v) is 12.4. The summed E-state index contributed by atoms with van der Waals surface area (Å²) in [5.41, 5.74) is 3.66. The summed E-state index contributed by atoms with van der Waals surface area (Å²) in [6.45, 7) is 8.37. The lowest BCUT2D eigenvalue weighted by Gasteiger charge is -2.24. The number of pyridine rings is 1. The SMILES string of the molecule is CCN(CCCS(=O)(=O)c1ccc(CNC(=O)C2=Cc3cnccc3C2)cc1)C(C)C. The Morgan fingerprint density at radius 1 is 1.19 bits per heavy atom. The van der Waals surface area contributed by atoms with Crippen molar-refractivity contribution in [3.8, 4) is 0 Å². The Kier molecular flexibility index (Phi) is 7.62. The van der Waals surface area contributed by atoms with Gasteiger partial charge in [0, 0.05) is 37.0 Å². The van der Waals surface area contributed by atoms with Gasteiger partial charge in [0.1, 0.15) is 0 Å². The van der Waals surface area contributed by atoms with Crippen LogP contribution in [0.1, 0.15) is 43.9 Å². The Hall–Kier alpha value is -2.51. The Balaban J connectivity index is 1.51. The van der Waals surface area contributed by atoms with E-state index in [1.165, 1.54) is 0 Å². The van der Waals surface area contributed by atoms with E-state index in [0.29, 0.717) is 35.9 Å². The van der Waals surface area contributed by atoms with E-state index in [9.17, 15) is 13.2 Å². The molecule has 31 heavy (non-hydrogen) atoms. The topological polar surface area (TPSA) is 79.4 Å². The summed E-state index contributed by atoms with van der Waals surface area (Å²) in [5, 5.41) is 2.92. The largest absolute Gasteiger partial charge is 0.348 e. The van der Waals surface area contributed by atoms with Gasteiger partial charge in [0.2, 0.25) is 5.91 Å². The summed E-state index contributed by atoms with van der Waals surface area (Å²) in [6, 6.07) is 9.13. The zero-order valence-corrected chi connectivity index (χ0v) is 19.3. The van der Waals surface area contributed by atoms with Crippen molar-refractivity contribution in [2.75, 3.05) is 18.8 Å². The van der Waals surface area contributed by atoms with Gasteiger partial charge in [-0.2, -0.15) is 0 Å². The molecule has 1 heterocycles. The fourth-order valence-corrected chi connectivity index (χ4v) is 5.08. The minimum absolute atomic E-state index is 0.112. The minimum atomic E-state index is -3.31. The third-order valence-electron chi connectivity index (χ3n) is 5.68. The molecule has 166 valence electrons. The van der Waals surface area contributed by atoms with E-state index in [-0.39, 0.29) is 11.7 Å². The fraction of sp³-hybridized carbons (Fsp3) is 0.417. The average Bonchev–Trinajstić information content (AvgIpc) is 3.19. The first kappa shape index (κ1) is 23.2. The van der Waals surface area contributed by atoms with Crippen molar-refractivity contribution in [1.29, 1.82) is 0 Å². The maximum Gasteiger partial charge on any atom is 0.247 e. The number of carbonyl (C=O) groups is 1. The lowest BCUT2D eigenvalue weighted by Crippen LogP contribution is -2.32. The maximum absolute atomic E-state index is 12.6. The highest BCUT2D eigenvalue weighted by Gasteiger charge is 2.19. The van der Waals surface area contributed by atoms with Crippen LogP contribution in [0.25, 0.3) is 6.08 Å². The molecule has 0 radical (unpaired) electrons. The number of nitrogens with one attached hydrogen (secondary N) is 1. The molecule has 0 unspecified atom stereocenters. The molecule has 0 saturated carbocycles. The second-order valence-corrected chi connectivity index (χ2v) is 10.3. The van der Waals surface area contributed by atoms with Crippen LogP contribution in [0.15, 0.2) is 53.2 Å². The molecule has 0 fully saturated rings. The zero-order chi connectivity index (χ0) is 22.4. The number of fused-ring (bicyclic) bond motifs is 1. The van der Waals surface area contributed by atoms with Crippen LogP contribution in [0.2, 0.25) is 0 Å². The molecule has 0 saturated heterocycles. The number of carbonyl (C=O) groups excluding carboxylic acids is 1. The average molecular weight is 442 g/mol. The monoisotopic (exact) mass is 441 g/mol. The Morgan fingerprint density at radius 3 is 2.58 bits per heavy atom. The summed E-state index contributed by atoms with van der Waals surface area (Å²) in [7, 11) is -3.31. The third-order valence-corrected chi connectivity index (χ3v) is 7.50. The van der Waals surface area contributed by atoms with Crippen LogP contribution in [-0.2, 0) is 27.6 Å². The van der Waals surface area contributed by atoms with Crippen LogP contribution in [0.5, 0.6) is 0 Å². The Labute approximate surface area is 185 Å². The Bertz CT molecular complexity index is 1040. The molecule has 7 heteroatoms. The van der Waals surface area contributed by atoms with Gasteiger partial charge in [0.25, 0.3) is 0 Å². The lowest BCUT2D eigenvalue weighted by molar-refractivity contribution is -0.117. The van der Waals surface area contributed by atoms with E-state index in [1.807, 2.05) is 12.1 Å². The molecular weight excluding hydrogens is 410 g/mol. The molecule has 2 aromatic rings. The number of amides is 1. The maximum atomic E-state index is 12.6. The molecule has 0 aliphatic heterocycles. The highest BCUT2D eigenvalue weighted by atomic mass is 32.2. The second kappa shape index (κ2) is 10.2. The van der Waals surface area contributed by atoms with Crippen LogP contribution in [0, 0.1) is 0 Å². The standard InChI is InChI=1S/C24H31N3O3S/c1-4-27(18(2)3)12-5-13-31(29,30)23-8-6-19(7-9-23)16-26-24(28)21-14-20-10-11-25-17-22(20)15-21/h6-11,15,17-18H,4-5,12-14,16H2,1-3H3,(H,26,28). The number of sulfone groups is 1. The van der Waals surface area contributed by atoms with Crippen molar-refractivity contribution in [2.45, 2.75) is 51.1 Å². The first-order chi connectivity index (χ1) is 14.8. The van der Waals surface area contributed by atoms with Crippen molar-refractivity contribution in [2.24, 2.45) is 0 Å². The van der Waals surface area contributed by atoms with Crippen molar-refractivity contribution in [3.63, 3.8) is 0 Å². The van der Waals surface area contributed by atoms with Gasteiger partial charge in [0.05, 0.1) is 10.6 Å². The summed E-state index contributed by atoms with van der Waals surface area (Å²) in [6.07, 6.45) is 6.57. The minimum Gasteiger partial charge on any atom is -0.348 e. The Morgan fingerprint density at radius 2 is 1.94 bits per heavy atom. The molecule has 1 aliphatic rings. The van der Waals surface area contributed by atoms with Crippen LogP contribution in [0.3, 0.4) is 0 Å². The molecule has 0 atom stereocenters. The van der Waals surface area contributed by atoms with Gasteiger partial charge in [0.15, 0.2) is 9.84 Å². The molecule has 1 aromatic carbocycles. The van der Waals surface area contributed by atoms with Gasteiger partial charge < -0.3 is 10.2 Å². The molecule has 0 bridgehead atoms. The molecule has 1 N–H and O–H groups in total. The second-order valence-electron chi connectivity index (χ2n) is 8.14. The molecule has 1 amide bonds. The predicted molar refractivity (Wildman–Crippen MR) is 123 cm³/mol. The van der Waals surface area contributed by atoms with E-state index in [2.05, 4.69) is 36.0 Å². The summed E-state index contributed by atoms with van der Waals surface area (Å²) in [5.74, 6) is 0.0223. The van der Waals surface area contributed by atoms with E-state index in [4.69, 9.17) is 0 Å². The van der Waals surface area contributed by atoms with E-state index < -0.39 is 9.84 Å². The molecule has 0 spiro atoms. The molecule has 1 aromatic heterocycles. The van der Waals surface area contributed by atoms with Crippen LogP contribution in [-0.4, -0.2) is 49.1 Å². The predicted octanol–water partition coefficient (Wildman–Crippen LogP) is 3.23. The van der Waals surface area contributed by atoms with Gasteiger partial charge in [-0.1, -0.05) is 19.1 Å². The quantitative estimate of drug-likeness (QED) is 0.612. The van der Waals surface area contributed by atoms with E-state index >= 15 is 0 Å². The lowest BCUT2D eigenvalue weighted by atomic mass is 10.1. The molecular formula is C24H31N3O3S. The number of hydrogen-bond acceptors (Lipinski definition) is 5. The normalized spacial score (nSPS) is 13.4. The van der Waals surface area contributed by atoms with Crippen molar-refractivity contribution in [3.05, 3.63) is 65.0 Å². The smallest absolute Gasteiger partial charge is 0.247 e. The van der Waals surface area contributed by atoms with E-state index in [0.717, 1.165) is 29.8 Å². The van der Waals surface area contributed by atoms with Crippen LogP contribution >= 0.6 is 0 Å². The van der Waals surface area contributed by atoms with Gasteiger partial charge in [-0.15, -0.1) is 0 Å². The van der Waals surface area contributed by atoms with Gasteiger partial charge in [-0.25, -0.2) is 8.42 Å². The first-order valence-electron chi connectivity index (χ1n) is 10.8. The number of aromatic nitrogens is 1. The van der Waals surface area contributed by atoms with Crippen molar-refractivity contribution in [1.82, 2.24) is 15.2 Å². The summed E-state index contributed by atoms with van der Waals surface area (Å²) < 4.78 is 25.3. The highest BCUT2D eigenvalue weighted by Crippen LogP contribution is 2.23. The fourth-order valence-electron chi connectivity index (χ4n) is 3.78. The van der Waals surface area contributed by atoms with Crippen molar-refractivity contribution < 1.29 is 13.2 Å². The summed E-state index contributed by atoms with van der Waals surface area (Å²) in [4.78, 5) is 19.1. The van der Waals surface area contributed by atoms with Crippen molar-refractivity contribution >= 4 is 21.8 Å². The van der Waals surface area contributed by atoms with E-state index in [1.54, 1.807) is 36.7 Å².